The molecular formula is C16H22N2O2. The van der Waals surface area contributed by atoms with Crippen LogP contribution in [0.2, 0.25) is 0 Å². The molecule has 0 spiro atoms. The van der Waals surface area contributed by atoms with Crippen LogP contribution in [0.25, 0.3) is 0 Å². The Hall–Kier alpha value is -1.84. The van der Waals surface area contributed by atoms with Crippen LogP contribution in [0, 0.1) is 0 Å². The highest BCUT2D eigenvalue weighted by Gasteiger charge is 2.48. The molecule has 1 aliphatic heterocycles. The quantitative estimate of drug-likeness (QED) is 0.913. The van der Waals surface area contributed by atoms with Crippen LogP contribution >= 0.6 is 0 Å². The van der Waals surface area contributed by atoms with Gasteiger partial charge in [-0.1, -0.05) is 44.2 Å². The minimum absolute atomic E-state index is 0.00958. The first-order chi connectivity index (χ1) is 9.55. The highest BCUT2D eigenvalue weighted by Crippen LogP contribution is 2.34. The second kappa shape index (κ2) is 5.65. The number of benzene rings is 1. The molecule has 2 rings (SSSR count). The average molecular weight is 274 g/mol. The zero-order valence-corrected chi connectivity index (χ0v) is 12.3. The van der Waals surface area contributed by atoms with Crippen LogP contribution in [0.5, 0.6) is 0 Å². The molecule has 0 aliphatic carbocycles. The molecule has 1 N–H and O–H groups in total. The monoisotopic (exact) mass is 274 g/mol. The summed E-state index contributed by atoms with van der Waals surface area (Å²) in [6.45, 7) is 6.05. The third-order valence-corrected chi connectivity index (χ3v) is 4.24. The number of carbonyl (C=O) groups excluding carboxylic acids is 2. The van der Waals surface area contributed by atoms with Gasteiger partial charge in [0.05, 0.1) is 6.54 Å². The van der Waals surface area contributed by atoms with Crippen molar-refractivity contribution in [1.29, 1.82) is 0 Å². The van der Waals surface area contributed by atoms with Crippen molar-refractivity contribution >= 4 is 11.8 Å². The maximum atomic E-state index is 12.5. The van der Waals surface area contributed by atoms with E-state index in [1.807, 2.05) is 37.3 Å². The van der Waals surface area contributed by atoms with Gasteiger partial charge in [0.2, 0.25) is 5.91 Å². The van der Waals surface area contributed by atoms with Crippen LogP contribution in [0.15, 0.2) is 30.3 Å². The van der Waals surface area contributed by atoms with Crippen LogP contribution < -0.4 is 5.32 Å². The predicted molar refractivity (Wildman–Crippen MR) is 78.0 cm³/mol. The van der Waals surface area contributed by atoms with E-state index in [4.69, 9.17) is 0 Å². The number of carbonyl (C=O) groups is 2. The molecule has 1 saturated heterocycles. The maximum Gasteiger partial charge on any atom is 0.250 e. The number of nitrogens with one attached hydrogen (secondary N) is 1. The van der Waals surface area contributed by atoms with Gasteiger partial charge in [0.1, 0.15) is 5.54 Å². The van der Waals surface area contributed by atoms with E-state index in [-0.39, 0.29) is 24.4 Å². The van der Waals surface area contributed by atoms with Gasteiger partial charge in [0.25, 0.3) is 5.91 Å². The Kier molecular flexibility index (Phi) is 4.12. The summed E-state index contributed by atoms with van der Waals surface area (Å²) in [5.74, 6) is -0.111. The van der Waals surface area contributed by atoms with E-state index in [0.717, 1.165) is 18.4 Å². The number of rotatable bonds is 4. The lowest BCUT2D eigenvalue weighted by Crippen LogP contribution is -2.66. The summed E-state index contributed by atoms with van der Waals surface area (Å²) < 4.78 is 0. The molecule has 1 aliphatic rings. The zero-order chi connectivity index (χ0) is 14.8. The summed E-state index contributed by atoms with van der Waals surface area (Å²) in [5, 5.41) is 2.72. The van der Waals surface area contributed by atoms with Crippen molar-refractivity contribution < 1.29 is 9.59 Å². The first kappa shape index (κ1) is 14.6. The molecule has 1 fully saturated rings. The Bertz CT molecular complexity index is 496. The highest BCUT2D eigenvalue weighted by atomic mass is 16.2. The second-order valence-corrected chi connectivity index (χ2v) is 5.35. The summed E-state index contributed by atoms with van der Waals surface area (Å²) in [6.07, 6.45) is 1.69. The zero-order valence-electron chi connectivity index (χ0n) is 12.3. The van der Waals surface area contributed by atoms with E-state index in [2.05, 4.69) is 19.2 Å². The van der Waals surface area contributed by atoms with Crippen LogP contribution in [-0.4, -0.2) is 29.3 Å². The average Bonchev–Trinajstić information content (AvgIpc) is 2.48. The fourth-order valence-corrected chi connectivity index (χ4v) is 3.03. The van der Waals surface area contributed by atoms with Crippen LogP contribution in [0.1, 0.15) is 39.2 Å². The normalized spacial score (nSPS) is 23.1. The third kappa shape index (κ3) is 2.19. The summed E-state index contributed by atoms with van der Waals surface area (Å²) in [7, 11) is 0. The van der Waals surface area contributed by atoms with Gasteiger partial charge in [-0.15, -0.1) is 0 Å². The lowest BCUT2D eigenvalue weighted by atomic mass is 9.85. The number of hydrogen-bond donors (Lipinski definition) is 1. The molecule has 0 aromatic heterocycles. The standard InChI is InChI=1S/C16H22N2O2/c1-4-13(5-2)18-14(19)11-17-15(20)16(18,3)12-9-7-6-8-10-12/h6-10,13H,4-5,11H2,1-3H3,(H,17,20). The van der Waals surface area contributed by atoms with Gasteiger partial charge in [-0.3, -0.25) is 9.59 Å². The van der Waals surface area contributed by atoms with Gasteiger partial charge in [0, 0.05) is 6.04 Å². The molecular weight excluding hydrogens is 252 g/mol. The first-order valence-corrected chi connectivity index (χ1v) is 7.21. The second-order valence-electron chi connectivity index (χ2n) is 5.35. The Labute approximate surface area is 120 Å². The molecule has 1 atom stereocenters. The van der Waals surface area contributed by atoms with Gasteiger partial charge < -0.3 is 10.2 Å². The van der Waals surface area contributed by atoms with Crippen LogP contribution in [-0.2, 0) is 15.1 Å². The first-order valence-electron chi connectivity index (χ1n) is 7.21. The van der Waals surface area contributed by atoms with E-state index in [9.17, 15) is 9.59 Å². The predicted octanol–water partition coefficient (Wildman–Crippen LogP) is 2.05. The van der Waals surface area contributed by atoms with Crippen molar-refractivity contribution in [1.82, 2.24) is 10.2 Å². The van der Waals surface area contributed by atoms with Crippen molar-refractivity contribution in [3.8, 4) is 0 Å². The van der Waals surface area contributed by atoms with Crippen molar-refractivity contribution in [2.24, 2.45) is 0 Å². The largest absolute Gasteiger partial charge is 0.345 e. The summed E-state index contributed by atoms with van der Waals surface area (Å²) in [5.41, 5.74) is -0.0646. The molecule has 0 radical (unpaired) electrons. The maximum absolute atomic E-state index is 12.5. The van der Waals surface area contributed by atoms with Gasteiger partial charge in [-0.25, -0.2) is 0 Å². The van der Waals surface area contributed by atoms with E-state index in [0.29, 0.717) is 0 Å². The fraction of sp³-hybridized carbons (Fsp3) is 0.500. The molecule has 1 aromatic carbocycles. The van der Waals surface area contributed by atoms with E-state index in [1.54, 1.807) is 4.90 Å². The number of nitrogens with zero attached hydrogens (tertiary/aromatic N) is 1. The fourth-order valence-electron chi connectivity index (χ4n) is 3.03. The molecule has 108 valence electrons. The molecule has 20 heavy (non-hydrogen) atoms. The number of piperazine rings is 1. The Morgan fingerprint density at radius 2 is 1.80 bits per heavy atom. The number of amides is 2. The molecule has 1 unspecified atom stereocenters. The lowest BCUT2D eigenvalue weighted by molar-refractivity contribution is -0.157. The summed E-state index contributed by atoms with van der Waals surface area (Å²) >= 11 is 0. The Balaban J connectivity index is 2.53. The van der Waals surface area contributed by atoms with Gasteiger partial charge in [-0.2, -0.15) is 0 Å². The molecule has 0 bridgehead atoms. The molecule has 1 heterocycles. The molecule has 0 saturated carbocycles. The molecule has 4 nitrogen and oxygen atoms in total. The minimum Gasteiger partial charge on any atom is -0.345 e. The van der Waals surface area contributed by atoms with E-state index < -0.39 is 5.54 Å². The van der Waals surface area contributed by atoms with Crippen molar-refractivity contribution in [3.63, 3.8) is 0 Å². The molecule has 1 aromatic rings. The number of hydrogen-bond acceptors (Lipinski definition) is 2. The SMILES string of the molecule is CCC(CC)N1C(=O)CNC(=O)C1(C)c1ccccc1. The minimum atomic E-state index is -0.923. The Morgan fingerprint density at radius 3 is 2.35 bits per heavy atom. The molecule has 4 heteroatoms. The van der Waals surface area contributed by atoms with Crippen molar-refractivity contribution in [2.75, 3.05) is 6.54 Å². The lowest BCUT2D eigenvalue weighted by Gasteiger charge is -2.47. The van der Waals surface area contributed by atoms with Gasteiger partial charge in [0.15, 0.2) is 0 Å². The van der Waals surface area contributed by atoms with Crippen LogP contribution in [0.4, 0.5) is 0 Å². The van der Waals surface area contributed by atoms with E-state index >= 15 is 0 Å². The topological polar surface area (TPSA) is 49.4 Å². The summed E-state index contributed by atoms with van der Waals surface area (Å²) in [4.78, 5) is 26.7. The van der Waals surface area contributed by atoms with Crippen LogP contribution in [0.3, 0.4) is 0 Å². The highest BCUT2D eigenvalue weighted by molar-refractivity contribution is 5.98. The van der Waals surface area contributed by atoms with Crippen molar-refractivity contribution in [3.05, 3.63) is 35.9 Å². The summed E-state index contributed by atoms with van der Waals surface area (Å²) in [6, 6.07) is 9.62. The molecule has 2 amide bonds. The van der Waals surface area contributed by atoms with E-state index in [1.165, 1.54) is 0 Å². The Morgan fingerprint density at radius 1 is 1.20 bits per heavy atom. The van der Waals surface area contributed by atoms with Gasteiger partial charge >= 0.3 is 0 Å². The van der Waals surface area contributed by atoms with Gasteiger partial charge in [-0.05, 0) is 25.3 Å². The smallest absolute Gasteiger partial charge is 0.250 e. The van der Waals surface area contributed by atoms with Crippen molar-refractivity contribution in [2.45, 2.75) is 45.2 Å². The third-order valence-electron chi connectivity index (χ3n) is 4.24.